The molecule has 0 aliphatic carbocycles. The summed E-state index contributed by atoms with van der Waals surface area (Å²) in [7, 11) is 0. The molecule has 0 amide bonds. The Morgan fingerprint density at radius 2 is 1.00 bits per heavy atom. The van der Waals surface area contributed by atoms with Gasteiger partial charge in [0, 0.05) is 16.8 Å². The number of rotatable bonds is 3. The van der Waals surface area contributed by atoms with Crippen molar-refractivity contribution in [1.29, 1.82) is 0 Å². The summed E-state index contributed by atoms with van der Waals surface area (Å²) in [5, 5.41) is 9.01. The molecule has 3 nitrogen and oxygen atoms in total. The number of para-hydroxylation sites is 1. The van der Waals surface area contributed by atoms with Gasteiger partial charge in [0.1, 0.15) is 0 Å². The third-order valence-electron chi connectivity index (χ3n) is 4.30. The lowest BCUT2D eigenvalue weighted by molar-refractivity contribution is 1.07. The van der Waals surface area contributed by atoms with E-state index in [2.05, 4.69) is 89.3 Å². The zero-order valence-electron chi connectivity index (χ0n) is 14.3. The van der Waals surface area contributed by atoms with Crippen LogP contribution < -0.4 is 0 Å². The number of nitrogens with zero attached hydrogens (tertiary/aromatic N) is 3. The van der Waals surface area contributed by atoms with Crippen molar-refractivity contribution in [3.05, 3.63) is 90.0 Å². The Balaban J connectivity index is 1.94. The molecule has 1 aromatic heterocycles. The van der Waals surface area contributed by atoms with Gasteiger partial charge in [0.2, 0.25) is 0 Å². The molecule has 0 saturated carbocycles. The highest BCUT2D eigenvalue weighted by molar-refractivity contribution is 5.67. The summed E-state index contributed by atoms with van der Waals surface area (Å²) in [5.41, 5.74) is 5.63. The second-order valence-electron chi connectivity index (χ2n) is 6.25. The number of aromatic nitrogens is 3. The van der Waals surface area contributed by atoms with Gasteiger partial charge >= 0.3 is 0 Å². The van der Waals surface area contributed by atoms with Crippen LogP contribution in [-0.2, 0) is 0 Å². The molecule has 0 spiro atoms. The lowest BCUT2D eigenvalue weighted by atomic mass is 10.1. The molecule has 0 bridgehead atoms. The maximum atomic E-state index is 4.50. The van der Waals surface area contributed by atoms with E-state index in [4.69, 9.17) is 0 Å². The first-order chi connectivity index (χ1) is 12.2. The van der Waals surface area contributed by atoms with Crippen LogP contribution in [0.1, 0.15) is 11.1 Å². The SMILES string of the molecule is Cc1ccc(-c2nnc(-c3ccc(C)cc3)n2-c2ccccc2)cc1. The summed E-state index contributed by atoms with van der Waals surface area (Å²) in [6.07, 6.45) is 0. The highest BCUT2D eigenvalue weighted by Crippen LogP contribution is 2.28. The van der Waals surface area contributed by atoms with E-state index in [1.807, 2.05) is 18.2 Å². The van der Waals surface area contributed by atoms with E-state index in [0.29, 0.717) is 0 Å². The number of benzene rings is 3. The predicted molar refractivity (Wildman–Crippen MR) is 102 cm³/mol. The summed E-state index contributed by atoms with van der Waals surface area (Å²) in [5.74, 6) is 1.70. The van der Waals surface area contributed by atoms with Gasteiger partial charge in [0.15, 0.2) is 11.6 Å². The van der Waals surface area contributed by atoms with Crippen LogP contribution in [0.25, 0.3) is 28.5 Å². The molecule has 0 N–H and O–H groups in total. The summed E-state index contributed by atoms with van der Waals surface area (Å²) in [6, 6.07) is 27.0. The summed E-state index contributed by atoms with van der Waals surface area (Å²) >= 11 is 0. The van der Waals surface area contributed by atoms with E-state index in [1.165, 1.54) is 11.1 Å². The van der Waals surface area contributed by atoms with Gasteiger partial charge in [0.05, 0.1) is 0 Å². The van der Waals surface area contributed by atoms with Crippen molar-refractivity contribution in [2.24, 2.45) is 0 Å². The molecular weight excluding hydrogens is 306 g/mol. The van der Waals surface area contributed by atoms with E-state index in [0.717, 1.165) is 28.5 Å². The van der Waals surface area contributed by atoms with E-state index < -0.39 is 0 Å². The average molecular weight is 325 g/mol. The van der Waals surface area contributed by atoms with Crippen LogP contribution in [0.4, 0.5) is 0 Å². The lowest BCUT2D eigenvalue weighted by Gasteiger charge is -2.11. The van der Waals surface area contributed by atoms with Gasteiger partial charge in [-0.15, -0.1) is 10.2 Å². The normalized spacial score (nSPS) is 10.8. The number of hydrogen-bond donors (Lipinski definition) is 0. The fourth-order valence-corrected chi connectivity index (χ4v) is 2.89. The van der Waals surface area contributed by atoms with Gasteiger partial charge in [-0.1, -0.05) is 77.9 Å². The van der Waals surface area contributed by atoms with Crippen molar-refractivity contribution in [3.8, 4) is 28.5 Å². The third kappa shape index (κ3) is 2.96. The molecule has 0 unspecified atom stereocenters. The van der Waals surface area contributed by atoms with Gasteiger partial charge in [-0.25, -0.2) is 0 Å². The van der Waals surface area contributed by atoms with Crippen LogP contribution in [0, 0.1) is 13.8 Å². The molecule has 0 fully saturated rings. The minimum absolute atomic E-state index is 0.849. The Kier molecular flexibility index (Phi) is 3.90. The predicted octanol–water partition coefficient (Wildman–Crippen LogP) is 5.22. The van der Waals surface area contributed by atoms with Crippen molar-refractivity contribution in [3.63, 3.8) is 0 Å². The zero-order valence-corrected chi connectivity index (χ0v) is 14.3. The molecule has 4 aromatic rings. The average Bonchev–Trinajstić information content (AvgIpc) is 3.09. The fraction of sp³-hybridized carbons (Fsp3) is 0.0909. The Labute approximate surface area is 147 Å². The summed E-state index contributed by atoms with van der Waals surface area (Å²) in [4.78, 5) is 0. The minimum Gasteiger partial charge on any atom is -0.275 e. The quantitative estimate of drug-likeness (QED) is 0.517. The third-order valence-corrected chi connectivity index (χ3v) is 4.30. The monoisotopic (exact) mass is 325 g/mol. The second kappa shape index (κ2) is 6.36. The molecule has 25 heavy (non-hydrogen) atoms. The van der Waals surface area contributed by atoms with Gasteiger partial charge in [-0.05, 0) is 26.0 Å². The Hall–Kier alpha value is -3.20. The Bertz CT molecular complexity index is 919. The molecule has 122 valence electrons. The molecule has 1 heterocycles. The van der Waals surface area contributed by atoms with Crippen LogP contribution in [0.3, 0.4) is 0 Å². The maximum Gasteiger partial charge on any atom is 0.168 e. The van der Waals surface area contributed by atoms with Crippen LogP contribution in [0.5, 0.6) is 0 Å². The second-order valence-corrected chi connectivity index (χ2v) is 6.25. The van der Waals surface area contributed by atoms with Crippen molar-refractivity contribution in [1.82, 2.24) is 14.8 Å². The van der Waals surface area contributed by atoms with Crippen molar-refractivity contribution in [2.45, 2.75) is 13.8 Å². The van der Waals surface area contributed by atoms with Crippen molar-refractivity contribution in [2.75, 3.05) is 0 Å². The zero-order chi connectivity index (χ0) is 17.2. The summed E-state index contributed by atoms with van der Waals surface area (Å²) < 4.78 is 2.12. The van der Waals surface area contributed by atoms with E-state index in [9.17, 15) is 0 Å². The first-order valence-corrected chi connectivity index (χ1v) is 8.37. The van der Waals surface area contributed by atoms with Gasteiger partial charge < -0.3 is 0 Å². The topological polar surface area (TPSA) is 30.7 Å². The number of aryl methyl sites for hydroxylation is 2. The molecule has 0 atom stereocenters. The first-order valence-electron chi connectivity index (χ1n) is 8.37. The van der Waals surface area contributed by atoms with Gasteiger partial charge in [-0.3, -0.25) is 4.57 Å². The van der Waals surface area contributed by atoms with E-state index in [-0.39, 0.29) is 0 Å². The largest absolute Gasteiger partial charge is 0.275 e. The molecule has 3 aromatic carbocycles. The molecule has 3 heteroatoms. The molecule has 0 aliphatic rings. The molecular formula is C22H19N3. The summed E-state index contributed by atoms with van der Waals surface area (Å²) in [6.45, 7) is 4.17. The minimum atomic E-state index is 0.849. The van der Waals surface area contributed by atoms with Gasteiger partial charge in [0.25, 0.3) is 0 Å². The fourth-order valence-electron chi connectivity index (χ4n) is 2.89. The molecule has 0 aliphatic heterocycles. The Morgan fingerprint density at radius 3 is 1.44 bits per heavy atom. The molecule has 0 saturated heterocycles. The van der Waals surface area contributed by atoms with Crippen LogP contribution in [0.15, 0.2) is 78.9 Å². The van der Waals surface area contributed by atoms with Crippen LogP contribution >= 0.6 is 0 Å². The highest BCUT2D eigenvalue weighted by Gasteiger charge is 2.16. The molecule has 4 rings (SSSR count). The lowest BCUT2D eigenvalue weighted by Crippen LogP contribution is -2.00. The maximum absolute atomic E-state index is 4.50. The number of hydrogen-bond acceptors (Lipinski definition) is 2. The van der Waals surface area contributed by atoms with Crippen LogP contribution in [-0.4, -0.2) is 14.8 Å². The van der Waals surface area contributed by atoms with Crippen molar-refractivity contribution >= 4 is 0 Å². The van der Waals surface area contributed by atoms with E-state index in [1.54, 1.807) is 0 Å². The van der Waals surface area contributed by atoms with Crippen LogP contribution in [0.2, 0.25) is 0 Å². The standard InChI is InChI=1S/C22H19N3/c1-16-8-12-18(13-9-16)21-23-24-22(19-14-10-17(2)11-15-19)25(21)20-6-4-3-5-7-20/h3-15H,1-2H3. The molecule has 0 radical (unpaired) electrons. The van der Waals surface area contributed by atoms with Gasteiger partial charge in [-0.2, -0.15) is 0 Å². The van der Waals surface area contributed by atoms with Crippen molar-refractivity contribution < 1.29 is 0 Å². The Morgan fingerprint density at radius 1 is 0.560 bits per heavy atom. The smallest absolute Gasteiger partial charge is 0.168 e. The highest BCUT2D eigenvalue weighted by atomic mass is 15.3. The van der Waals surface area contributed by atoms with E-state index >= 15 is 0 Å². The first kappa shape index (κ1) is 15.3.